The van der Waals surface area contributed by atoms with Crippen LogP contribution in [0.25, 0.3) is 0 Å². The van der Waals surface area contributed by atoms with E-state index in [1.165, 1.54) is 18.4 Å². The molecule has 1 unspecified atom stereocenters. The van der Waals surface area contributed by atoms with Gasteiger partial charge in [-0.3, -0.25) is 0 Å². The quantitative estimate of drug-likeness (QED) is 0.861. The molecule has 0 aliphatic carbocycles. The molecular formula is C15H23NO2. The van der Waals surface area contributed by atoms with Crippen LogP contribution in [0, 0.1) is 5.92 Å². The molecule has 0 aromatic heterocycles. The first-order valence-corrected chi connectivity index (χ1v) is 6.84. The number of rotatable bonds is 4. The van der Waals surface area contributed by atoms with Crippen molar-refractivity contribution in [2.45, 2.75) is 32.6 Å². The molecule has 2 rings (SSSR count). The van der Waals surface area contributed by atoms with E-state index in [0.717, 1.165) is 31.5 Å². The number of piperidine rings is 1. The molecule has 0 spiro atoms. The summed E-state index contributed by atoms with van der Waals surface area (Å²) in [6, 6.07) is 4.05. The van der Waals surface area contributed by atoms with Gasteiger partial charge < -0.3 is 15.2 Å². The van der Waals surface area contributed by atoms with Gasteiger partial charge in [0.1, 0.15) is 0 Å². The molecule has 3 nitrogen and oxygen atoms in total. The zero-order chi connectivity index (χ0) is 13.0. The summed E-state index contributed by atoms with van der Waals surface area (Å²) in [5, 5.41) is 13.6. The number of hydrogen-bond donors (Lipinski definition) is 2. The van der Waals surface area contributed by atoms with Crippen molar-refractivity contribution in [2.75, 3.05) is 20.2 Å². The first-order valence-electron chi connectivity index (χ1n) is 6.84. The molecule has 1 heterocycles. The molecule has 1 saturated heterocycles. The fraction of sp³-hybridized carbons (Fsp3) is 0.600. The molecule has 0 saturated carbocycles. The van der Waals surface area contributed by atoms with Crippen molar-refractivity contribution in [1.29, 1.82) is 0 Å². The normalized spacial score (nSPS) is 19.8. The summed E-state index contributed by atoms with van der Waals surface area (Å²) >= 11 is 0. The first-order chi connectivity index (χ1) is 8.74. The van der Waals surface area contributed by atoms with Crippen LogP contribution in [-0.2, 0) is 12.8 Å². The summed E-state index contributed by atoms with van der Waals surface area (Å²) in [5.74, 6) is 1.55. The highest BCUT2D eigenvalue weighted by Crippen LogP contribution is 2.34. The minimum absolute atomic E-state index is 0.320. The number of phenols is 1. The maximum atomic E-state index is 10.2. The lowest BCUT2D eigenvalue weighted by Crippen LogP contribution is -2.30. The first kappa shape index (κ1) is 13.2. The Hall–Kier alpha value is -1.22. The Morgan fingerprint density at radius 3 is 2.89 bits per heavy atom. The van der Waals surface area contributed by atoms with Gasteiger partial charge in [0.25, 0.3) is 0 Å². The average Bonchev–Trinajstić information content (AvgIpc) is 2.42. The summed E-state index contributed by atoms with van der Waals surface area (Å²) in [6.45, 7) is 4.30. The molecule has 100 valence electrons. The van der Waals surface area contributed by atoms with E-state index in [2.05, 4.69) is 18.3 Å². The van der Waals surface area contributed by atoms with Crippen molar-refractivity contribution >= 4 is 0 Å². The summed E-state index contributed by atoms with van der Waals surface area (Å²) in [4.78, 5) is 0. The largest absolute Gasteiger partial charge is 0.504 e. The third kappa shape index (κ3) is 2.96. The fourth-order valence-corrected chi connectivity index (χ4v) is 2.65. The van der Waals surface area contributed by atoms with Crippen LogP contribution < -0.4 is 10.1 Å². The van der Waals surface area contributed by atoms with Gasteiger partial charge in [0, 0.05) is 0 Å². The lowest BCUT2D eigenvalue weighted by Gasteiger charge is -2.23. The molecule has 1 aromatic rings. The molecule has 1 aliphatic heterocycles. The van der Waals surface area contributed by atoms with E-state index in [0.29, 0.717) is 17.4 Å². The van der Waals surface area contributed by atoms with E-state index in [1.54, 1.807) is 7.11 Å². The summed E-state index contributed by atoms with van der Waals surface area (Å²) in [7, 11) is 1.61. The minimum atomic E-state index is 0.320. The number of aryl methyl sites for hydroxylation is 1. The Morgan fingerprint density at radius 2 is 2.28 bits per heavy atom. The summed E-state index contributed by atoms with van der Waals surface area (Å²) in [6.07, 6.45) is 4.37. The van der Waals surface area contributed by atoms with Gasteiger partial charge in [-0.1, -0.05) is 13.0 Å². The van der Waals surface area contributed by atoms with Crippen molar-refractivity contribution in [3.05, 3.63) is 23.3 Å². The third-order valence-electron chi connectivity index (χ3n) is 3.75. The summed E-state index contributed by atoms with van der Waals surface area (Å²) < 4.78 is 5.25. The molecule has 0 amide bonds. The van der Waals surface area contributed by atoms with Crippen LogP contribution in [0.3, 0.4) is 0 Å². The Morgan fingerprint density at radius 1 is 1.44 bits per heavy atom. The Labute approximate surface area is 109 Å². The maximum absolute atomic E-state index is 10.2. The van der Waals surface area contributed by atoms with Crippen molar-refractivity contribution in [1.82, 2.24) is 5.32 Å². The third-order valence-corrected chi connectivity index (χ3v) is 3.75. The van der Waals surface area contributed by atoms with Crippen LogP contribution in [0.4, 0.5) is 0 Å². The molecule has 18 heavy (non-hydrogen) atoms. The van der Waals surface area contributed by atoms with Crippen LogP contribution in [0.5, 0.6) is 11.5 Å². The van der Waals surface area contributed by atoms with Gasteiger partial charge in [-0.05, 0) is 61.9 Å². The molecule has 1 fully saturated rings. The monoisotopic (exact) mass is 249 g/mol. The van der Waals surface area contributed by atoms with E-state index in [1.807, 2.05) is 6.07 Å². The number of aromatic hydroxyl groups is 1. The van der Waals surface area contributed by atoms with Crippen LogP contribution in [0.2, 0.25) is 0 Å². The van der Waals surface area contributed by atoms with Gasteiger partial charge in [0.2, 0.25) is 0 Å². The van der Waals surface area contributed by atoms with E-state index in [-0.39, 0.29) is 0 Å². The minimum Gasteiger partial charge on any atom is -0.504 e. The number of phenolic OH excluding ortho intramolecular Hbond substituents is 1. The molecule has 3 heteroatoms. The lowest BCUT2D eigenvalue weighted by atomic mass is 9.91. The molecule has 1 aliphatic rings. The number of hydrogen-bond acceptors (Lipinski definition) is 3. The number of methoxy groups -OCH3 is 1. The topological polar surface area (TPSA) is 41.5 Å². The zero-order valence-electron chi connectivity index (χ0n) is 11.3. The van der Waals surface area contributed by atoms with Crippen LogP contribution in [-0.4, -0.2) is 25.3 Å². The standard InChI is InChI=1S/C15H23NO2/c1-3-11-7-13(15(17)14(9-11)18-2)8-12-5-4-6-16-10-12/h7,9,12,16-17H,3-6,8,10H2,1-2H3. The van der Waals surface area contributed by atoms with E-state index < -0.39 is 0 Å². The smallest absolute Gasteiger partial charge is 0.161 e. The number of ether oxygens (including phenoxy) is 1. The number of nitrogens with one attached hydrogen (secondary N) is 1. The van der Waals surface area contributed by atoms with Crippen molar-refractivity contribution < 1.29 is 9.84 Å². The zero-order valence-corrected chi connectivity index (χ0v) is 11.3. The van der Waals surface area contributed by atoms with E-state index in [9.17, 15) is 5.11 Å². The fourth-order valence-electron chi connectivity index (χ4n) is 2.65. The van der Waals surface area contributed by atoms with Crippen molar-refractivity contribution in [3.63, 3.8) is 0 Å². The molecule has 2 N–H and O–H groups in total. The lowest BCUT2D eigenvalue weighted by molar-refractivity contribution is 0.353. The van der Waals surface area contributed by atoms with Crippen molar-refractivity contribution in [3.8, 4) is 11.5 Å². The van der Waals surface area contributed by atoms with E-state index in [4.69, 9.17) is 4.74 Å². The second kappa shape index (κ2) is 6.10. The Balaban J connectivity index is 2.19. The SMILES string of the molecule is CCc1cc(CC2CCCNC2)c(O)c(OC)c1. The highest BCUT2D eigenvalue weighted by atomic mass is 16.5. The molecule has 1 aromatic carbocycles. The van der Waals surface area contributed by atoms with Crippen molar-refractivity contribution in [2.24, 2.45) is 5.92 Å². The van der Waals surface area contributed by atoms with Gasteiger partial charge in [-0.25, -0.2) is 0 Å². The molecule has 1 atom stereocenters. The van der Waals surface area contributed by atoms with E-state index >= 15 is 0 Å². The number of benzene rings is 1. The highest BCUT2D eigenvalue weighted by molar-refractivity contribution is 5.48. The second-order valence-electron chi connectivity index (χ2n) is 5.08. The Kier molecular flexibility index (Phi) is 4.48. The van der Waals surface area contributed by atoms with Gasteiger partial charge in [0.15, 0.2) is 11.5 Å². The maximum Gasteiger partial charge on any atom is 0.161 e. The summed E-state index contributed by atoms with van der Waals surface area (Å²) in [5.41, 5.74) is 2.25. The van der Waals surface area contributed by atoms with Crippen LogP contribution in [0.1, 0.15) is 30.9 Å². The van der Waals surface area contributed by atoms with Gasteiger partial charge in [-0.15, -0.1) is 0 Å². The predicted molar refractivity (Wildman–Crippen MR) is 73.3 cm³/mol. The highest BCUT2D eigenvalue weighted by Gasteiger charge is 2.17. The second-order valence-corrected chi connectivity index (χ2v) is 5.08. The average molecular weight is 249 g/mol. The predicted octanol–water partition coefficient (Wildman–Crippen LogP) is 2.51. The van der Waals surface area contributed by atoms with Crippen LogP contribution in [0.15, 0.2) is 12.1 Å². The molecule has 0 radical (unpaired) electrons. The Bertz CT molecular complexity index is 398. The molecular weight excluding hydrogens is 226 g/mol. The van der Waals surface area contributed by atoms with Gasteiger partial charge in [-0.2, -0.15) is 0 Å². The van der Waals surface area contributed by atoms with Gasteiger partial charge in [0.05, 0.1) is 7.11 Å². The molecule has 0 bridgehead atoms. The van der Waals surface area contributed by atoms with Crippen LogP contribution >= 0.6 is 0 Å². The van der Waals surface area contributed by atoms with Gasteiger partial charge >= 0.3 is 0 Å².